The zero-order valence-corrected chi connectivity index (χ0v) is 18.4. The molecule has 0 atom stereocenters. The van der Waals surface area contributed by atoms with Gasteiger partial charge in [0.15, 0.2) is 6.67 Å². The summed E-state index contributed by atoms with van der Waals surface area (Å²) in [6, 6.07) is 6.53. The highest BCUT2D eigenvalue weighted by atomic mass is 19.1. The lowest BCUT2D eigenvalue weighted by Gasteiger charge is -2.46. The number of imide groups is 1. The van der Waals surface area contributed by atoms with Gasteiger partial charge in [-0.1, -0.05) is 12.1 Å². The van der Waals surface area contributed by atoms with Gasteiger partial charge in [-0.25, -0.2) is 14.1 Å². The number of nitrogens with two attached hydrogens (primary N) is 1. The van der Waals surface area contributed by atoms with Crippen LogP contribution in [0.15, 0.2) is 24.3 Å². The van der Waals surface area contributed by atoms with Gasteiger partial charge in [0.1, 0.15) is 11.4 Å². The highest BCUT2D eigenvalue weighted by molar-refractivity contribution is 6.07. The summed E-state index contributed by atoms with van der Waals surface area (Å²) in [5.41, 5.74) is -0.445. The summed E-state index contributed by atoms with van der Waals surface area (Å²) in [4.78, 5) is 30.8. The van der Waals surface area contributed by atoms with Gasteiger partial charge in [-0.15, -0.1) is 0 Å². The minimum absolute atomic E-state index is 0.0919. The quantitative estimate of drug-likeness (QED) is 0.589. The third-order valence-corrected chi connectivity index (χ3v) is 6.59. The molecule has 0 radical (unpaired) electrons. The molecule has 3 amide bonds. The van der Waals surface area contributed by atoms with Gasteiger partial charge in [0, 0.05) is 12.8 Å². The lowest BCUT2D eigenvalue weighted by atomic mass is 9.71. The van der Waals surface area contributed by atoms with Crippen LogP contribution in [0, 0.1) is 5.82 Å². The first-order chi connectivity index (χ1) is 14.0. The van der Waals surface area contributed by atoms with Crippen LogP contribution in [0.3, 0.4) is 0 Å². The number of quaternary nitrogens is 2. The fraction of sp³-hybridized carbons (Fsp3) is 0.636. The molecule has 3 heterocycles. The summed E-state index contributed by atoms with van der Waals surface area (Å²) in [5, 5.41) is 5.36. The highest BCUT2D eigenvalue weighted by Crippen LogP contribution is 2.35. The molecule has 0 saturated carbocycles. The minimum atomic E-state index is -0.812. The number of hydrogen-bond donors (Lipinski definition) is 3. The Morgan fingerprint density at radius 2 is 1.67 bits per heavy atom. The van der Waals surface area contributed by atoms with Crippen molar-refractivity contribution in [3.63, 3.8) is 0 Å². The van der Waals surface area contributed by atoms with Crippen LogP contribution in [-0.4, -0.2) is 66.3 Å². The van der Waals surface area contributed by atoms with Crippen LogP contribution < -0.4 is 20.4 Å². The number of benzene rings is 1. The topological polar surface area (TPSA) is 73.7 Å². The number of amides is 3. The Morgan fingerprint density at radius 3 is 2.27 bits per heavy atom. The molecule has 0 unspecified atom stereocenters. The molecule has 8 heteroatoms. The zero-order chi connectivity index (χ0) is 21.7. The predicted octanol–water partition coefficient (Wildman–Crippen LogP) is -0.307. The van der Waals surface area contributed by atoms with Crippen LogP contribution >= 0.6 is 0 Å². The van der Waals surface area contributed by atoms with Crippen LogP contribution in [0.1, 0.15) is 40.5 Å². The van der Waals surface area contributed by atoms with E-state index >= 15 is 0 Å². The summed E-state index contributed by atoms with van der Waals surface area (Å²) in [6.07, 6.45) is 1.25. The molecule has 0 aliphatic carbocycles. The third kappa shape index (κ3) is 3.90. The molecule has 1 spiro atoms. The van der Waals surface area contributed by atoms with Gasteiger partial charge in [-0.05, 0) is 39.8 Å². The number of nitrogens with zero attached hydrogens (tertiary/aromatic N) is 2. The van der Waals surface area contributed by atoms with Crippen molar-refractivity contribution < 1.29 is 24.2 Å². The van der Waals surface area contributed by atoms with E-state index in [-0.39, 0.29) is 28.8 Å². The molecule has 3 fully saturated rings. The molecule has 4 N–H and O–H groups in total. The number of hydrogen-bond acceptors (Lipinski definition) is 3. The molecule has 164 valence electrons. The maximum atomic E-state index is 14.1. The number of urea groups is 1. The summed E-state index contributed by atoms with van der Waals surface area (Å²) >= 11 is 0. The second-order valence-corrected chi connectivity index (χ2v) is 10.6. The first-order valence-electron chi connectivity index (χ1n) is 10.8. The normalized spacial score (nSPS) is 25.6. The SMILES string of the molecule is CC1(C)CC2(CC(C)(C)[NH2+]1)NC(=O)N(C[NH+]1CCN(c3ccccc3F)CC1)C2=O. The van der Waals surface area contributed by atoms with Crippen molar-refractivity contribution in [2.24, 2.45) is 0 Å². The van der Waals surface area contributed by atoms with E-state index in [9.17, 15) is 14.0 Å². The first-order valence-corrected chi connectivity index (χ1v) is 10.8. The van der Waals surface area contributed by atoms with E-state index in [1.165, 1.54) is 15.9 Å². The molecule has 1 aromatic rings. The van der Waals surface area contributed by atoms with Gasteiger partial charge < -0.3 is 20.4 Å². The lowest BCUT2D eigenvalue weighted by Crippen LogP contribution is -3.16. The largest absolute Gasteiger partial charge is 0.358 e. The van der Waals surface area contributed by atoms with Gasteiger partial charge in [-0.2, -0.15) is 0 Å². The maximum Gasteiger partial charge on any atom is 0.329 e. The molecular formula is C22H34FN5O2+2. The molecule has 3 aliphatic rings. The molecule has 1 aromatic carbocycles. The molecular weight excluding hydrogens is 385 g/mol. The van der Waals surface area contributed by atoms with E-state index in [4.69, 9.17) is 0 Å². The van der Waals surface area contributed by atoms with Gasteiger partial charge in [0.2, 0.25) is 0 Å². The number of nitrogens with one attached hydrogen (secondary N) is 2. The van der Waals surface area contributed by atoms with E-state index in [1.807, 2.05) is 11.0 Å². The van der Waals surface area contributed by atoms with Crippen molar-refractivity contribution in [1.29, 1.82) is 0 Å². The highest BCUT2D eigenvalue weighted by Gasteiger charge is 2.61. The van der Waals surface area contributed by atoms with E-state index in [2.05, 4.69) is 38.3 Å². The van der Waals surface area contributed by atoms with E-state index in [0.717, 1.165) is 13.1 Å². The van der Waals surface area contributed by atoms with Crippen LogP contribution in [-0.2, 0) is 4.79 Å². The number of carbonyl (C=O) groups is 2. The maximum absolute atomic E-state index is 14.1. The number of rotatable bonds is 3. The summed E-state index contributed by atoms with van der Waals surface area (Å²) in [5.74, 6) is -0.304. The standard InChI is InChI=1S/C22H32FN5O2/c1-20(2)13-22(14-21(3,4)25-20)18(29)28(19(30)24-22)15-26-9-11-27(12-10-26)17-8-6-5-7-16(17)23/h5-8,25H,9-15H2,1-4H3,(H,24,30)/p+2. The van der Waals surface area contributed by atoms with Crippen molar-refractivity contribution in [2.75, 3.05) is 37.7 Å². The van der Waals surface area contributed by atoms with Gasteiger partial charge in [-0.3, -0.25) is 4.79 Å². The smallest absolute Gasteiger partial charge is 0.329 e. The Kier molecular flexibility index (Phi) is 5.05. The molecule has 3 saturated heterocycles. The minimum Gasteiger partial charge on any atom is -0.358 e. The number of anilines is 1. The van der Waals surface area contributed by atoms with Crippen molar-refractivity contribution in [1.82, 2.24) is 10.2 Å². The van der Waals surface area contributed by atoms with Gasteiger partial charge >= 0.3 is 6.03 Å². The van der Waals surface area contributed by atoms with Crippen molar-refractivity contribution in [3.8, 4) is 0 Å². The van der Waals surface area contributed by atoms with E-state index in [0.29, 0.717) is 38.3 Å². The van der Waals surface area contributed by atoms with Crippen molar-refractivity contribution in [3.05, 3.63) is 30.1 Å². The van der Waals surface area contributed by atoms with Crippen LogP contribution in [0.5, 0.6) is 0 Å². The molecule has 0 bridgehead atoms. The average Bonchev–Trinajstić information content (AvgIpc) is 2.83. The predicted molar refractivity (Wildman–Crippen MR) is 112 cm³/mol. The lowest BCUT2D eigenvalue weighted by molar-refractivity contribution is -0.907. The second-order valence-electron chi connectivity index (χ2n) is 10.6. The number of piperazine rings is 1. The third-order valence-electron chi connectivity index (χ3n) is 6.59. The molecule has 4 rings (SSSR count). The fourth-order valence-corrected chi connectivity index (χ4v) is 5.99. The van der Waals surface area contributed by atoms with Crippen LogP contribution in [0.25, 0.3) is 0 Å². The van der Waals surface area contributed by atoms with E-state index in [1.54, 1.807) is 12.1 Å². The Balaban J connectivity index is 1.42. The zero-order valence-electron chi connectivity index (χ0n) is 18.4. The first kappa shape index (κ1) is 21.1. The average molecular weight is 420 g/mol. The van der Waals surface area contributed by atoms with Crippen LogP contribution in [0.2, 0.25) is 0 Å². The van der Waals surface area contributed by atoms with E-state index < -0.39 is 5.54 Å². The van der Waals surface area contributed by atoms with Gasteiger partial charge in [0.05, 0.1) is 42.9 Å². The molecule has 7 nitrogen and oxygen atoms in total. The summed E-state index contributed by atoms with van der Waals surface area (Å²) < 4.78 is 14.1. The summed E-state index contributed by atoms with van der Waals surface area (Å²) in [6.45, 7) is 11.8. The Labute approximate surface area is 177 Å². The fourth-order valence-electron chi connectivity index (χ4n) is 5.99. The number of piperidine rings is 1. The van der Waals surface area contributed by atoms with Gasteiger partial charge in [0.25, 0.3) is 5.91 Å². The number of para-hydroxylation sites is 1. The monoisotopic (exact) mass is 419 g/mol. The van der Waals surface area contributed by atoms with Crippen LogP contribution in [0.4, 0.5) is 14.9 Å². The summed E-state index contributed by atoms with van der Waals surface area (Å²) in [7, 11) is 0. The number of carbonyl (C=O) groups excluding carboxylic acids is 2. The Hall–Kier alpha value is -2.19. The Bertz CT molecular complexity index is 832. The second kappa shape index (κ2) is 7.20. The van der Waals surface area contributed by atoms with Crippen molar-refractivity contribution in [2.45, 2.75) is 57.2 Å². The molecule has 0 aromatic heterocycles. The molecule has 30 heavy (non-hydrogen) atoms. The molecule has 3 aliphatic heterocycles. The number of halogens is 1. The Morgan fingerprint density at radius 1 is 1.07 bits per heavy atom. The van der Waals surface area contributed by atoms with Crippen molar-refractivity contribution >= 4 is 17.6 Å².